The second-order valence-electron chi connectivity index (χ2n) is 5.43. The predicted molar refractivity (Wildman–Crippen MR) is 91.2 cm³/mol. The molecule has 0 saturated heterocycles. The molecule has 1 aromatic heterocycles. The number of nitrogens with two attached hydrogens (primary N) is 1. The van der Waals surface area contributed by atoms with Crippen molar-refractivity contribution < 1.29 is 5.11 Å². The Hall–Kier alpha value is -1.81. The van der Waals surface area contributed by atoms with Gasteiger partial charge in [-0.1, -0.05) is 41.9 Å². The van der Waals surface area contributed by atoms with Crippen LogP contribution in [0.15, 0.2) is 60.8 Å². The Kier molecular flexibility index (Phi) is 4.48. The molecule has 0 radical (unpaired) electrons. The molecule has 0 aliphatic rings. The van der Waals surface area contributed by atoms with Gasteiger partial charge in [-0.05, 0) is 48.2 Å². The summed E-state index contributed by atoms with van der Waals surface area (Å²) in [5, 5.41) is 12.5. The van der Waals surface area contributed by atoms with Crippen LogP contribution in [0, 0.1) is 0 Å². The highest BCUT2D eigenvalue weighted by atomic mass is 35.5. The topological polar surface area (TPSA) is 51.2 Å². The van der Waals surface area contributed by atoms with Crippen LogP contribution >= 0.6 is 11.6 Å². The quantitative estimate of drug-likeness (QED) is 0.756. The van der Waals surface area contributed by atoms with E-state index in [2.05, 4.69) is 22.8 Å². The number of benzene rings is 2. The summed E-state index contributed by atoms with van der Waals surface area (Å²) in [4.78, 5) is 0. The normalized spacial score (nSPS) is 14.1. The summed E-state index contributed by atoms with van der Waals surface area (Å²) in [6.07, 6.45) is 1.97. The van der Waals surface area contributed by atoms with Crippen molar-refractivity contribution in [3.8, 4) is 0 Å². The molecule has 0 saturated carbocycles. The molecule has 0 amide bonds. The van der Waals surface area contributed by atoms with E-state index >= 15 is 0 Å². The molecule has 4 heteroatoms. The monoisotopic (exact) mass is 314 g/mol. The summed E-state index contributed by atoms with van der Waals surface area (Å²) in [5.74, 6) is 0. The van der Waals surface area contributed by atoms with Gasteiger partial charge in [0.2, 0.25) is 0 Å². The lowest BCUT2D eigenvalue weighted by Crippen LogP contribution is -2.27. The first-order chi connectivity index (χ1) is 10.7. The number of aliphatic hydroxyl groups excluding tert-OH is 1. The predicted octanol–water partition coefficient (Wildman–Crippen LogP) is 3.59. The summed E-state index contributed by atoms with van der Waals surface area (Å²) < 4.78 is 2.10. The minimum atomic E-state index is -0.570. The molecule has 0 spiro atoms. The van der Waals surface area contributed by atoms with Crippen molar-refractivity contribution in [2.24, 2.45) is 5.73 Å². The molecule has 2 aromatic carbocycles. The first-order valence-corrected chi connectivity index (χ1v) is 7.77. The molecular formula is C18H19ClN2O. The average Bonchev–Trinajstić information content (AvgIpc) is 2.92. The van der Waals surface area contributed by atoms with Crippen LogP contribution in [0.5, 0.6) is 0 Å². The number of para-hydroxylation sites is 1. The van der Waals surface area contributed by atoms with Crippen LogP contribution in [-0.4, -0.2) is 22.3 Å². The maximum absolute atomic E-state index is 10.6. The van der Waals surface area contributed by atoms with Crippen molar-refractivity contribution in [3.63, 3.8) is 0 Å². The Morgan fingerprint density at radius 3 is 2.68 bits per heavy atom. The number of aromatic nitrogens is 1. The molecule has 0 fully saturated rings. The van der Waals surface area contributed by atoms with E-state index < -0.39 is 6.10 Å². The third-order valence-corrected chi connectivity index (χ3v) is 4.18. The first kappa shape index (κ1) is 15.1. The van der Waals surface area contributed by atoms with Crippen LogP contribution in [0.1, 0.15) is 18.0 Å². The van der Waals surface area contributed by atoms with Crippen LogP contribution in [0.2, 0.25) is 5.02 Å². The summed E-state index contributed by atoms with van der Waals surface area (Å²) in [5.41, 5.74) is 7.71. The van der Waals surface area contributed by atoms with Crippen molar-refractivity contribution in [1.82, 2.24) is 4.57 Å². The number of nitrogens with zero attached hydrogens (tertiary/aromatic N) is 1. The Morgan fingerprint density at radius 2 is 1.91 bits per heavy atom. The molecule has 0 unspecified atom stereocenters. The molecule has 0 aliphatic heterocycles. The number of fused-ring (bicyclic) bond motifs is 1. The van der Waals surface area contributed by atoms with E-state index in [1.807, 2.05) is 42.6 Å². The van der Waals surface area contributed by atoms with Crippen molar-refractivity contribution in [1.29, 1.82) is 0 Å². The Bertz CT molecular complexity index is 768. The van der Waals surface area contributed by atoms with Gasteiger partial charge in [0.1, 0.15) is 0 Å². The van der Waals surface area contributed by atoms with Gasteiger partial charge in [-0.15, -0.1) is 0 Å². The zero-order valence-corrected chi connectivity index (χ0v) is 12.9. The van der Waals surface area contributed by atoms with E-state index in [1.165, 1.54) is 0 Å². The van der Waals surface area contributed by atoms with Crippen LogP contribution in [0.25, 0.3) is 10.9 Å². The van der Waals surface area contributed by atoms with Gasteiger partial charge in [0, 0.05) is 16.7 Å². The van der Waals surface area contributed by atoms with Gasteiger partial charge in [-0.3, -0.25) is 0 Å². The summed E-state index contributed by atoms with van der Waals surface area (Å²) >= 11 is 6.13. The molecule has 3 aromatic rings. The van der Waals surface area contributed by atoms with E-state index in [0.717, 1.165) is 16.5 Å². The van der Waals surface area contributed by atoms with Gasteiger partial charge >= 0.3 is 0 Å². The molecule has 0 aliphatic carbocycles. The Balaban J connectivity index is 2.13. The molecule has 1 heterocycles. The zero-order chi connectivity index (χ0) is 15.5. The number of hydrogen-bond donors (Lipinski definition) is 2. The van der Waals surface area contributed by atoms with Gasteiger partial charge < -0.3 is 15.4 Å². The second-order valence-corrected chi connectivity index (χ2v) is 5.86. The van der Waals surface area contributed by atoms with Crippen molar-refractivity contribution in [3.05, 3.63) is 71.4 Å². The van der Waals surface area contributed by atoms with E-state index in [9.17, 15) is 5.11 Å². The second kappa shape index (κ2) is 6.53. The molecule has 2 atom stereocenters. The van der Waals surface area contributed by atoms with Gasteiger partial charge in [-0.2, -0.15) is 0 Å². The lowest BCUT2D eigenvalue weighted by Gasteiger charge is -2.26. The SMILES string of the molecule is NCC[C@@H](O)[C@H](c1cccc(Cl)c1)n1ccc2ccccc21. The maximum Gasteiger partial charge on any atom is 0.0846 e. The summed E-state index contributed by atoms with van der Waals surface area (Å²) in [6.45, 7) is 0.442. The van der Waals surface area contributed by atoms with Gasteiger partial charge in [0.25, 0.3) is 0 Å². The molecule has 3 nitrogen and oxygen atoms in total. The maximum atomic E-state index is 10.6. The minimum Gasteiger partial charge on any atom is -0.391 e. The van der Waals surface area contributed by atoms with Gasteiger partial charge in [0.15, 0.2) is 0 Å². The molecule has 3 N–H and O–H groups in total. The minimum absolute atomic E-state index is 0.206. The van der Waals surface area contributed by atoms with Crippen LogP contribution in [0.4, 0.5) is 0 Å². The fraction of sp³-hybridized carbons (Fsp3) is 0.222. The van der Waals surface area contributed by atoms with Gasteiger partial charge in [-0.25, -0.2) is 0 Å². The summed E-state index contributed by atoms with van der Waals surface area (Å²) in [7, 11) is 0. The number of hydrogen-bond acceptors (Lipinski definition) is 2. The van der Waals surface area contributed by atoms with Crippen molar-refractivity contribution in [2.45, 2.75) is 18.6 Å². The molecule has 3 rings (SSSR count). The van der Waals surface area contributed by atoms with Crippen molar-refractivity contribution in [2.75, 3.05) is 6.54 Å². The summed E-state index contributed by atoms with van der Waals surface area (Å²) in [6, 6.07) is 17.6. The highest BCUT2D eigenvalue weighted by Crippen LogP contribution is 2.30. The molecule has 0 bridgehead atoms. The van der Waals surface area contributed by atoms with Crippen LogP contribution in [-0.2, 0) is 0 Å². The van der Waals surface area contributed by atoms with E-state index in [1.54, 1.807) is 0 Å². The van der Waals surface area contributed by atoms with Crippen LogP contribution in [0.3, 0.4) is 0 Å². The lowest BCUT2D eigenvalue weighted by atomic mass is 9.98. The first-order valence-electron chi connectivity index (χ1n) is 7.40. The highest BCUT2D eigenvalue weighted by Gasteiger charge is 2.23. The van der Waals surface area contributed by atoms with Crippen LogP contribution < -0.4 is 5.73 Å². The lowest BCUT2D eigenvalue weighted by molar-refractivity contribution is 0.125. The van der Waals surface area contributed by atoms with E-state index in [4.69, 9.17) is 17.3 Å². The fourth-order valence-electron chi connectivity index (χ4n) is 2.93. The third kappa shape index (κ3) is 2.88. The number of rotatable bonds is 5. The Morgan fingerprint density at radius 1 is 1.09 bits per heavy atom. The van der Waals surface area contributed by atoms with Crippen molar-refractivity contribution >= 4 is 22.5 Å². The molecular weight excluding hydrogens is 296 g/mol. The fourth-order valence-corrected chi connectivity index (χ4v) is 3.13. The average molecular weight is 315 g/mol. The third-order valence-electron chi connectivity index (χ3n) is 3.95. The molecule has 22 heavy (non-hydrogen) atoms. The Labute approximate surface area is 134 Å². The number of aliphatic hydroxyl groups is 1. The van der Waals surface area contributed by atoms with Gasteiger partial charge in [0.05, 0.1) is 12.1 Å². The smallest absolute Gasteiger partial charge is 0.0846 e. The van der Waals surface area contributed by atoms with E-state index in [0.29, 0.717) is 18.0 Å². The standard InChI is InChI=1S/C18H19ClN2O/c19-15-6-3-5-14(12-15)18(17(22)8-10-20)21-11-9-13-4-1-2-7-16(13)21/h1-7,9,11-12,17-18,22H,8,10,20H2/t17-,18+/m1/s1. The zero-order valence-electron chi connectivity index (χ0n) is 12.2. The largest absolute Gasteiger partial charge is 0.391 e. The van der Waals surface area contributed by atoms with E-state index in [-0.39, 0.29) is 6.04 Å². The number of halogens is 1. The highest BCUT2D eigenvalue weighted by molar-refractivity contribution is 6.30. The molecule has 114 valence electrons.